The molecule has 2 aromatic carbocycles. The Morgan fingerprint density at radius 3 is 2.65 bits per heavy atom. The molecule has 0 saturated heterocycles. The highest BCUT2D eigenvalue weighted by Crippen LogP contribution is 2.31. The zero-order valence-electron chi connectivity index (χ0n) is 12.1. The summed E-state index contributed by atoms with van der Waals surface area (Å²) in [6, 6.07) is 14.2. The van der Waals surface area contributed by atoms with Gasteiger partial charge in [0.1, 0.15) is 5.75 Å². The third-order valence-electron chi connectivity index (χ3n) is 3.27. The summed E-state index contributed by atoms with van der Waals surface area (Å²) in [6.45, 7) is 6.87. The van der Waals surface area contributed by atoms with Crippen LogP contribution < -0.4 is 10.1 Å². The van der Waals surface area contributed by atoms with E-state index in [9.17, 15) is 0 Å². The number of ether oxygens (including phenoxy) is 1. The van der Waals surface area contributed by atoms with Gasteiger partial charge in [0.15, 0.2) is 0 Å². The quantitative estimate of drug-likeness (QED) is 0.815. The Kier molecular flexibility index (Phi) is 4.91. The van der Waals surface area contributed by atoms with Crippen LogP contribution in [-0.2, 0) is 0 Å². The van der Waals surface area contributed by atoms with E-state index in [1.165, 1.54) is 11.1 Å². The van der Waals surface area contributed by atoms with Crippen LogP contribution >= 0.6 is 11.6 Å². The van der Waals surface area contributed by atoms with Gasteiger partial charge in [0, 0.05) is 11.1 Å². The molecule has 2 rings (SSSR count). The van der Waals surface area contributed by atoms with Crippen LogP contribution in [-0.4, -0.2) is 6.61 Å². The fourth-order valence-corrected chi connectivity index (χ4v) is 2.45. The van der Waals surface area contributed by atoms with E-state index in [4.69, 9.17) is 16.3 Å². The van der Waals surface area contributed by atoms with E-state index < -0.39 is 0 Å². The second-order valence-electron chi connectivity index (χ2n) is 4.80. The first-order chi connectivity index (χ1) is 9.61. The maximum Gasteiger partial charge on any atom is 0.142 e. The van der Waals surface area contributed by atoms with Gasteiger partial charge in [-0.3, -0.25) is 0 Å². The summed E-state index contributed by atoms with van der Waals surface area (Å²) in [4.78, 5) is 0. The van der Waals surface area contributed by atoms with Crippen molar-refractivity contribution in [3.8, 4) is 5.75 Å². The lowest BCUT2D eigenvalue weighted by Crippen LogP contribution is -2.09. The maximum absolute atomic E-state index is 6.08. The Bertz CT molecular complexity index is 583. The number of aryl methyl sites for hydroxylation is 1. The maximum atomic E-state index is 6.08. The highest BCUT2D eigenvalue weighted by Gasteiger charge is 2.11. The molecule has 2 aromatic rings. The Morgan fingerprint density at radius 2 is 1.95 bits per heavy atom. The second kappa shape index (κ2) is 6.67. The van der Waals surface area contributed by atoms with Crippen molar-refractivity contribution in [3.63, 3.8) is 0 Å². The SMILES string of the molecule is CCOc1ccc(Cl)cc1NC(C)c1ccccc1C. The van der Waals surface area contributed by atoms with Gasteiger partial charge in [0.25, 0.3) is 0 Å². The number of hydrogen-bond acceptors (Lipinski definition) is 2. The minimum absolute atomic E-state index is 0.189. The molecule has 0 aliphatic rings. The molecule has 0 bridgehead atoms. The van der Waals surface area contributed by atoms with Crippen molar-refractivity contribution >= 4 is 17.3 Å². The average Bonchev–Trinajstić information content (AvgIpc) is 2.42. The number of hydrogen-bond donors (Lipinski definition) is 1. The van der Waals surface area contributed by atoms with Gasteiger partial charge in [-0.2, -0.15) is 0 Å². The molecule has 0 heterocycles. The van der Waals surface area contributed by atoms with E-state index in [1.807, 2.05) is 25.1 Å². The lowest BCUT2D eigenvalue weighted by Gasteiger charge is -2.20. The van der Waals surface area contributed by atoms with Crippen molar-refractivity contribution in [2.75, 3.05) is 11.9 Å². The number of benzene rings is 2. The molecule has 0 saturated carbocycles. The lowest BCUT2D eigenvalue weighted by atomic mass is 10.0. The minimum Gasteiger partial charge on any atom is -0.492 e. The number of anilines is 1. The molecule has 0 aliphatic heterocycles. The van der Waals surface area contributed by atoms with E-state index in [2.05, 4.69) is 43.4 Å². The number of nitrogens with one attached hydrogen (secondary N) is 1. The van der Waals surface area contributed by atoms with Crippen LogP contribution in [0.5, 0.6) is 5.75 Å². The zero-order valence-corrected chi connectivity index (χ0v) is 12.9. The van der Waals surface area contributed by atoms with Gasteiger partial charge < -0.3 is 10.1 Å². The van der Waals surface area contributed by atoms with E-state index in [0.717, 1.165) is 11.4 Å². The van der Waals surface area contributed by atoms with Crippen LogP contribution in [0.3, 0.4) is 0 Å². The van der Waals surface area contributed by atoms with Gasteiger partial charge in [-0.05, 0) is 50.1 Å². The van der Waals surface area contributed by atoms with E-state index in [0.29, 0.717) is 11.6 Å². The summed E-state index contributed by atoms with van der Waals surface area (Å²) >= 11 is 6.08. The molecule has 0 spiro atoms. The molecular weight excluding hydrogens is 270 g/mol. The predicted molar refractivity (Wildman–Crippen MR) is 85.8 cm³/mol. The molecule has 0 fully saturated rings. The highest BCUT2D eigenvalue weighted by molar-refractivity contribution is 6.30. The van der Waals surface area contributed by atoms with E-state index >= 15 is 0 Å². The van der Waals surface area contributed by atoms with Crippen LogP contribution in [0, 0.1) is 6.92 Å². The molecule has 106 valence electrons. The summed E-state index contributed by atoms with van der Waals surface area (Å²) in [7, 11) is 0. The van der Waals surface area contributed by atoms with Crippen molar-refractivity contribution in [3.05, 3.63) is 58.6 Å². The largest absolute Gasteiger partial charge is 0.492 e. The Morgan fingerprint density at radius 1 is 1.20 bits per heavy atom. The minimum atomic E-state index is 0.189. The van der Waals surface area contributed by atoms with Crippen molar-refractivity contribution in [2.24, 2.45) is 0 Å². The van der Waals surface area contributed by atoms with Crippen molar-refractivity contribution in [1.29, 1.82) is 0 Å². The molecule has 1 atom stereocenters. The van der Waals surface area contributed by atoms with E-state index in [1.54, 1.807) is 0 Å². The molecule has 20 heavy (non-hydrogen) atoms. The first-order valence-corrected chi connectivity index (χ1v) is 7.24. The van der Waals surface area contributed by atoms with Gasteiger partial charge in [0.05, 0.1) is 12.3 Å². The summed E-state index contributed by atoms with van der Waals surface area (Å²) < 4.78 is 5.64. The third kappa shape index (κ3) is 3.45. The Balaban J connectivity index is 2.25. The fraction of sp³-hybridized carbons (Fsp3) is 0.294. The number of halogens is 1. The second-order valence-corrected chi connectivity index (χ2v) is 5.23. The first kappa shape index (κ1) is 14.7. The molecule has 0 amide bonds. The third-order valence-corrected chi connectivity index (χ3v) is 3.50. The normalized spacial score (nSPS) is 12.0. The van der Waals surface area contributed by atoms with Crippen molar-refractivity contribution < 1.29 is 4.74 Å². The summed E-state index contributed by atoms with van der Waals surface area (Å²) in [6.07, 6.45) is 0. The van der Waals surface area contributed by atoms with Crippen LogP contribution in [0.4, 0.5) is 5.69 Å². The topological polar surface area (TPSA) is 21.3 Å². The summed E-state index contributed by atoms with van der Waals surface area (Å²) in [5.74, 6) is 0.831. The summed E-state index contributed by atoms with van der Waals surface area (Å²) in [5.41, 5.74) is 3.47. The number of rotatable bonds is 5. The molecule has 2 nitrogen and oxygen atoms in total. The first-order valence-electron chi connectivity index (χ1n) is 6.86. The van der Waals surface area contributed by atoms with Gasteiger partial charge in [0.2, 0.25) is 0 Å². The molecule has 0 aliphatic carbocycles. The highest BCUT2D eigenvalue weighted by atomic mass is 35.5. The summed E-state index contributed by atoms with van der Waals surface area (Å²) in [5, 5.41) is 4.19. The van der Waals surface area contributed by atoms with Crippen LogP contribution in [0.2, 0.25) is 5.02 Å². The molecule has 3 heteroatoms. The van der Waals surface area contributed by atoms with Crippen LogP contribution in [0.25, 0.3) is 0 Å². The predicted octanol–water partition coefficient (Wildman–Crippen LogP) is 5.22. The zero-order chi connectivity index (χ0) is 14.5. The molecule has 1 N–H and O–H groups in total. The standard InChI is InChI=1S/C17H20ClNO/c1-4-20-17-10-9-14(18)11-16(17)19-13(3)15-8-6-5-7-12(15)2/h5-11,13,19H,4H2,1-3H3. The molecule has 0 radical (unpaired) electrons. The lowest BCUT2D eigenvalue weighted by molar-refractivity contribution is 0.341. The monoisotopic (exact) mass is 289 g/mol. The van der Waals surface area contributed by atoms with E-state index in [-0.39, 0.29) is 6.04 Å². The van der Waals surface area contributed by atoms with Crippen molar-refractivity contribution in [2.45, 2.75) is 26.8 Å². The van der Waals surface area contributed by atoms with Gasteiger partial charge in [-0.1, -0.05) is 35.9 Å². The van der Waals surface area contributed by atoms with Crippen molar-refractivity contribution in [1.82, 2.24) is 0 Å². The van der Waals surface area contributed by atoms with Crippen LogP contribution in [0.1, 0.15) is 31.0 Å². The smallest absolute Gasteiger partial charge is 0.142 e. The molecular formula is C17H20ClNO. The Hall–Kier alpha value is -1.67. The average molecular weight is 290 g/mol. The van der Waals surface area contributed by atoms with Gasteiger partial charge in [-0.25, -0.2) is 0 Å². The molecule has 1 unspecified atom stereocenters. The Labute approximate surface area is 125 Å². The van der Waals surface area contributed by atoms with Crippen LogP contribution in [0.15, 0.2) is 42.5 Å². The fourth-order valence-electron chi connectivity index (χ4n) is 2.28. The molecule has 0 aromatic heterocycles. The van der Waals surface area contributed by atoms with Gasteiger partial charge in [-0.15, -0.1) is 0 Å². The van der Waals surface area contributed by atoms with Gasteiger partial charge >= 0.3 is 0 Å².